The van der Waals surface area contributed by atoms with Gasteiger partial charge in [0.05, 0.1) is 19.7 Å². The van der Waals surface area contributed by atoms with Crippen LogP contribution in [-0.2, 0) is 11.3 Å². The Labute approximate surface area is 174 Å². The summed E-state index contributed by atoms with van der Waals surface area (Å²) >= 11 is -2.27. The van der Waals surface area contributed by atoms with Gasteiger partial charge < -0.3 is 18.9 Å². The van der Waals surface area contributed by atoms with Crippen molar-refractivity contribution in [2.75, 3.05) is 38.8 Å². The molecule has 2 aromatic rings. The summed E-state index contributed by atoms with van der Waals surface area (Å²) in [5, 5.41) is 1.07. The molecule has 3 rings (SSSR count). The fourth-order valence-electron chi connectivity index (χ4n) is 4.09. The zero-order valence-corrected chi connectivity index (χ0v) is 18.0. The summed E-state index contributed by atoms with van der Waals surface area (Å²) in [4.78, 5) is 9.12. The third kappa shape index (κ3) is 5.36. The Bertz CT molecular complexity index is 843. The fourth-order valence-corrected chi connectivity index (χ4v) is 4.31. The van der Waals surface area contributed by atoms with Gasteiger partial charge in [-0.3, -0.25) is 9.19 Å². The van der Waals surface area contributed by atoms with E-state index in [1.807, 2.05) is 18.3 Å². The quantitative estimate of drug-likeness (QED) is 0.364. The standard InChI is InChI=1S/C20H30N4O4S/c1-14(4-9-22-23-29(25)26)15-6-10-24(11-7-15)18-5-8-21-17-13-20(28-3)19(27-2)12-16(17)18/h5,8,12-15,22-23H,4,6-7,9-11H2,1-3H3,(H,25,26)/p-1. The van der Waals surface area contributed by atoms with Crippen molar-refractivity contribution in [3.63, 3.8) is 0 Å². The number of hydrogen-bond donors (Lipinski definition) is 2. The Morgan fingerprint density at radius 2 is 1.97 bits per heavy atom. The number of anilines is 1. The molecule has 1 aliphatic heterocycles. The second-order valence-corrected chi connectivity index (χ2v) is 8.08. The summed E-state index contributed by atoms with van der Waals surface area (Å²) in [5.41, 5.74) is 4.79. The fraction of sp³-hybridized carbons (Fsp3) is 0.550. The average Bonchev–Trinajstić information content (AvgIpc) is 2.75. The number of hydrazine groups is 1. The van der Waals surface area contributed by atoms with Crippen molar-refractivity contribution in [2.45, 2.75) is 26.2 Å². The lowest BCUT2D eigenvalue weighted by molar-refractivity contribution is 0.276. The molecular weight excluding hydrogens is 392 g/mol. The van der Waals surface area contributed by atoms with Crippen molar-refractivity contribution < 1.29 is 18.2 Å². The van der Waals surface area contributed by atoms with Gasteiger partial charge in [-0.05, 0) is 43.2 Å². The van der Waals surface area contributed by atoms with Crippen molar-refractivity contribution >= 4 is 27.9 Å². The average molecular weight is 422 g/mol. The topological polar surface area (TPSA) is 98.8 Å². The number of fused-ring (bicyclic) bond motifs is 1. The van der Waals surface area contributed by atoms with E-state index < -0.39 is 11.3 Å². The van der Waals surface area contributed by atoms with Crippen LogP contribution in [-0.4, -0.2) is 47.6 Å². The molecule has 2 heterocycles. The molecule has 9 heteroatoms. The van der Waals surface area contributed by atoms with Gasteiger partial charge in [0.2, 0.25) is 0 Å². The first-order chi connectivity index (χ1) is 14.0. The molecule has 8 nitrogen and oxygen atoms in total. The normalized spacial score (nSPS) is 17.3. The van der Waals surface area contributed by atoms with Crippen LogP contribution in [0.4, 0.5) is 5.69 Å². The van der Waals surface area contributed by atoms with Gasteiger partial charge in [0.15, 0.2) is 11.5 Å². The molecule has 0 saturated carbocycles. The minimum absolute atomic E-state index is 0.532. The number of ether oxygens (including phenoxy) is 2. The molecule has 0 radical (unpaired) electrons. The monoisotopic (exact) mass is 421 g/mol. The summed E-state index contributed by atoms with van der Waals surface area (Å²) < 4.78 is 31.9. The molecule has 1 fully saturated rings. The van der Waals surface area contributed by atoms with Crippen LogP contribution in [0.5, 0.6) is 11.5 Å². The van der Waals surface area contributed by atoms with Crippen LogP contribution in [0.15, 0.2) is 24.4 Å². The lowest BCUT2D eigenvalue weighted by atomic mass is 9.83. The Balaban J connectivity index is 1.65. The molecule has 2 unspecified atom stereocenters. The summed E-state index contributed by atoms with van der Waals surface area (Å²) in [5.74, 6) is 2.55. The van der Waals surface area contributed by atoms with Crippen LogP contribution in [0.25, 0.3) is 10.9 Å². The van der Waals surface area contributed by atoms with E-state index in [-0.39, 0.29) is 0 Å². The number of piperidine rings is 1. The minimum Gasteiger partial charge on any atom is -0.759 e. The maximum absolute atomic E-state index is 10.5. The molecule has 1 saturated heterocycles. The third-order valence-electron chi connectivity index (χ3n) is 5.79. The van der Waals surface area contributed by atoms with E-state index in [0.717, 1.165) is 43.3 Å². The zero-order chi connectivity index (χ0) is 20.8. The number of aromatic nitrogens is 1. The first-order valence-corrected chi connectivity index (χ1v) is 10.9. The highest BCUT2D eigenvalue weighted by Crippen LogP contribution is 2.37. The number of benzene rings is 1. The zero-order valence-electron chi connectivity index (χ0n) is 17.1. The first-order valence-electron chi connectivity index (χ1n) is 9.87. The first kappa shape index (κ1) is 21.8. The Morgan fingerprint density at radius 3 is 2.62 bits per heavy atom. The highest BCUT2D eigenvalue weighted by molar-refractivity contribution is 7.76. The predicted molar refractivity (Wildman–Crippen MR) is 114 cm³/mol. The lowest BCUT2D eigenvalue weighted by Gasteiger charge is -2.36. The number of hydrogen-bond acceptors (Lipinski definition) is 7. The molecule has 1 aliphatic rings. The second-order valence-electron chi connectivity index (χ2n) is 7.41. The molecule has 1 aromatic heterocycles. The van der Waals surface area contributed by atoms with Crippen molar-refractivity contribution in [3.05, 3.63) is 24.4 Å². The van der Waals surface area contributed by atoms with Crippen LogP contribution in [0, 0.1) is 11.8 Å². The Kier molecular flexibility index (Phi) is 7.65. The van der Waals surface area contributed by atoms with Crippen LogP contribution >= 0.6 is 0 Å². The van der Waals surface area contributed by atoms with Gasteiger partial charge in [-0.25, -0.2) is 5.43 Å². The van der Waals surface area contributed by atoms with Gasteiger partial charge in [0.25, 0.3) is 0 Å². The molecule has 2 atom stereocenters. The third-order valence-corrected chi connectivity index (χ3v) is 6.10. The Hall–Kier alpha value is -1.94. The van der Waals surface area contributed by atoms with Gasteiger partial charge in [0.1, 0.15) is 0 Å². The van der Waals surface area contributed by atoms with Gasteiger partial charge in [-0.1, -0.05) is 6.92 Å². The van der Waals surface area contributed by atoms with Crippen molar-refractivity contribution in [3.8, 4) is 11.5 Å². The van der Waals surface area contributed by atoms with Crippen LogP contribution < -0.4 is 24.6 Å². The molecule has 0 spiro atoms. The van der Waals surface area contributed by atoms with E-state index in [1.165, 1.54) is 5.69 Å². The van der Waals surface area contributed by atoms with E-state index in [2.05, 4.69) is 33.1 Å². The minimum atomic E-state index is -2.27. The molecule has 160 valence electrons. The highest BCUT2D eigenvalue weighted by Gasteiger charge is 2.25. The van der Waals surface area contributed by atoms with E-state index in [9.17, 15) is 8.76 Å². The van der Waals surface area contributed by atoms with E-state index in [4.69, 9.17) is 9.47 Å². The SMILES string of the molecule is COc1cc2nccc(N3CCC(C(C)CCNNS(=O)[O-])CC3)c2cc1OC. The van der Waals surface area contributed by atoms with Crippen LogP contribution in [0.3, 0.4) is 0 Å². The van der Waals surface area contributed by atoms with Crippen molar-refractivity contribution in [2.24, 2.45) is 11.8 Å². The highest BCUT2D eigenvalue weighted by atomic mass is 32.2. The van der Waals surface area contributed by atoms with Crippen molar-refractivity contribution in [1.29, 1.82) is 0 Å². The molecule has 0 amide bonds. The van der Waals surface area contributed by atoms with E-state index >= 15 is 0 Å². The lowest BCUT2D eigenvalue weighted by Crippen LogP contribution is -2.38. The summed E-state index contributed by atoms with van der Waals surface area (Å²) in [7, 11) is 3.27. The molecule has 0 bridgehead atoms. The smallest absolute Gasteiger partial charge is 0.162 e. The maximum atomic E-state index is 10.5. The van der Waals surface area contributed by atoms with Gasteiger partial charge in [-0.2, -0.15) is 4.83 Å². The van der Waals surface area contributed by atoms with E-state index in [1.54, 1.807) is 14.2 Å². The molecular formula is C20H29N4O4S-. The van der Waals surface area contributed by atoms with Crippen LogP contribution in [0.1, 0.15) is 26.2 Å². The maximum Gasteiger partial charge on any atom is 0.162 e. The Morgan fingerprint density at radius 1 is 1.28 bits per heavy atom. The summed E-state index contributed by atoms with van der Waals surface area (Å²) in [6, 6.07) is 5.99. The van der Waals surface area contributed by atoms with Gasteiger partial charge >= 0.3 is 0 Å². The summed E-state index contributed by atoms with van der Waals surface area (Å²) in [6.45, 7) is 4.85. The predicted octanol–water partition coefficient (Wildman–Crippen LogP) is 2.38. The van der Waals surface area contributed by atoms with Gasteiger partial charge in [-0.15, -0.1) is 0 Å². The van der Waals surface area contributed by atoms with E-state index in [0.29, 0.717) is 29.9 Å². The number of nitrogens with one attached hydrogen (secondary N) is 2. The molecule has 0 aliphatic carbocycles. The van der Waals surface area contributed by atoms with Gasteiger partial charge in [0, 0.05) is 54.2 Å². The molecule has 2 N–H and O–H groups in total. The second kappa shape index (κ2) is 10.2. The summed E-state index contributed by atoms with van der Waals surface area (Å²) in [6.07, 6.45) is 5.00. The van der Waals surface area contributed by atoms with Crippen molar-refractivity contribution in [1.82, 2.24) is 15.2 Å². The van der Waals surface area contributed by atoms with Crippen LogP contribution in [0.2, 0.25) is 0 Å². The number of methoxy groups -OCH3 is 2. The largest absolute Gasteiger partial charge is 0.759 e. The number of rotatable bonds is 9. The number of pyridine rings is 1. The molecule has 1 aromatic carbocycles. The molecule has 29 heavy (non-hydrogen) atoms. The number of nitrogens with zero attached hydrogens (tertiary/aromatic N) is 2.